The van der Waals surface area contributed by atoms with Gasteiger partial charge in [0.15, 0.2) is 0 Å². The first-order chi connectivity index (χ1) is 13.4. The van der Waals surface area contributed by atoms with Gasteiger partial charge in [-0.3, -0.25) is 0 Å². The number of rotatable bonds is 24. The van der Waals surface area contributed by atoms with E-state index in [0.29, 0.717) is 0 Å². The standard InChI is InChI=1S/C26H53.Sb/c1-3-5-7-9-11-13-15-17-19-21-23-25-26-24-22-20-18-16-14-12-10-8-6-4-2;/h1,3-26H2,2H3;. The summed E-state index contributed by atoms with van der Waals surface area (Å²) in [5.41, 5.74) is 0. The van der Waals surface area contributed by atoms with E-state index in [9.17, 15) is 0 Å². The second-order valence-corrected chi connectivity index (χ2v) is 10.1. The molecule has 0 aliphatic carbocycles. The molecule has 0 heterocycles. The fourth-order valence-electron chi connectivity index (χ4n) is 4.07. The normalized spacial score (nSPS) is 11.3. The second kappa shape index (κ2) is 26.8. The first-order valence-corrected chi connectivity index (χ1v) is 14.8. The number of hydrogen-bond acceptors (Lipinski definition) is 0. The topological polar surface area (TPSA) is 0 Å². The Morgan fingerprint density at radius 1 is 0.296 bits per heavy atom. The van der Waals surface area contributed by atoms with Crippen LogP contribution in [0.1, 0.15) is 161 Å². The molecule has 2 radical (unpaired) electrons. The average Bonchev–Trinajstić information content (AvgIpc) is 2.68. The molecule has 0 saturated heterocycles. The second-order valence-electron chi connectivity index (χ2n) is 8.86. The van der Waals surface area contributed by atoms with Crippen molar-refractivity contribution in [3.63, 3.8) is 0 Å². The zero-order valence-electron chi connectivity index (χ0n) is 19.1. The van der Waals surface area contributed by atoms with Gasteiger partial charge in [0.05, 0.1) is 0 Å². The summed E-state index contributed by atoms with van der Waals surface area (Å²) in [4.78, 5) is 0. The third-order valence-corrected chi connectivity index (χ3v) is 6.91. The fraction of sp³-hybridized carbons (Fsp3) is 1.00. The minimum atomic E-state index is 1.37. The van der Waals surface area contributed by atoms with Crippen LogP contribution in [0.5, 0.6) is 0 Å². The van der Waals surface area contributed by atoms with Crippen molar-refractivity contribution in [2.24, 2.45) is 0 Å². The monoisotopic (exact) mass is 486 g/mol. The van der Waals surface area contributed by atoms with Crippen molar-refractivity contribution in [3.05, 3.63) is 0 Å². The van der Waals surface area contributed by atoms with E-state index in [4.69, 9.17) is 0 Å². The van der Waals surface area contributed by atoms with Gasteiger partial charge in [0, 0.05) is 0 Å². The number of unbranched alkanes of at least 4 members (excludes halogenated alkanes) is 23. The third kappa shape index (κ3) is 26.8. The van der Waals surface area contributed by atoms with E-state index in [-0.39, 0.29) is 0 Å². The Labute approximate surface area is 187 Å². The van der Waals surface area contributed by atoms with E-state index in [2.05, 4.69) is 6.92 Å². The Kier molecular flexibility index (Phi) is 27.6. The van der Waals surface area contributed by atoms with Gasteiger partial charge in [-0.2, -0.15) is 0 Å². The summed E-state index contributed by atoms with van der Waals surface area (Å²) in [6.07, 6.45) is 35.6. The third-order valence-electron chi connectivity index (χ3n) is 6.01. The van der Waals surface area contributed by atoms with Gasteiger partial charge >= 0.3 is 98.0 Å². The van der Waals surface area contributed by atoms with Gasteiger partial charge in [-0.25, -0.2) is 0 Å². The van der Waals surface area contributed by atoms with Crippen LogP contribution in [0.25, 0.3) is 0 Å². The SMILES string of the molecule is CCCCCCCCCCCCCCCCCCCCCCCCC[CH2][Sb]. The van der Waals surface area contributed by atoms with Gasteiger partial charge in [0.25, 0.3) is 0 Å². The summed E-state index contributed by atoms with van der Waals surface area (Å²) in [5.74, 6) is 0. The van der Waals surface area contributed by atoms with Crippen molar-refractivity contribution in [2.75, 3.05) is 0 Å². The molecular formula is C26H53Sb. The van der Waals surface area contributed by atoms with E-state index in [1.165, 1.54) is 158 Å². The van der Waals surface area contributed by atoms with Crippen LogP contribution in [0.4, 0.5) is 0 Å². The van der Waals surface area contributed by atoms with Gasteiger partial charge in [0.1, 0.15) is 0 Å². The molecule has 1 heteroatoms. The molecule has 0 rings (SSSR count). The molecule has 0 bridgehead atoms. The van der Waals surface area contributed by atoms with Crippen LogP contribution in [0, 0.1) is 0 Å². The predicted molar refractivity (Wildman–Crippen MR) is 127 cm³/mol. The molecule has 0 unspecified atom stereocenters. The van der Waals surface area contributed by atoms with E-state index in [1.54, 1.807) is 0 Å². The molecule has 0 amide bonds. The van der Waals surface area contributed by atoms with E-state index < -0.39 is 0 Å². The summed E-state index contributed by atoms with van der Waals surface area (Å²) in [6.45, 7) is 2.30. The number of hydrogen-bond donors (Lipinski definition) is 0. The van der Waals surface area contributed by atoms with Crippen molar-refractivity contribution in [1.29, 1.82) is 0 Å². The van der Waals surface area contributed by atoms with Crippen molar-refractivity contribution in [1.82, 2.24) is 0 Å². The Morgan fingerprint density at radius 3 is 0.667 bits per heavy atom. The van der Waals surface area contributed by atoms with Crippen LogP contribution in [-0.2, 0) is 0 Å². The first kappa shape index (κ1) is 27.8. The Hall–Kier alpha value is 0.818. The van der Waals surface area contributed by atoms with Crippen molar-refractivity contribution < 1.29 is 0 Å². The van der Waals surface area contributed by atoms with E-state index in [1.807, 2.05) is 23.0 Å². The molecule has 0 aliphatic heterocycles. The molecule has 0 aromatic rings. The van der Waals surface area contributed by atoms with E-state index in [0.717, 1.165) is 0 Å². The van der Waals surface area contributed by atoms with Crippen LogP contribution in [-0.4, -0.2) is 23.0 Å². The Morgan fingerprint density at radius 2 is 0.481 bits per heavy atom. The molecule has 0 atom stereocenters. The molecule has 27 heavy (non-hydrogen) atoms. The average molecular weight is 487 g/mol. The molecule has 0 fully saturated rings. The van der Waals surface area contributed by atoms with Gasteiger partial charge in [0.2, 0.25) is 0 Å². The minimum absolute atomic E-state index is 1.37. The molecule has 0 N–H and O–H groups in total. The van der Waals surface area contributed by atoms with Gasteiger partial charge in [-0.05, 0) is 0 Å². The zero-order chi connectivity index (χ0) is 19.7. The summed E-state index contributed by atoms with van der Waals surface area (Å²) >= 11 is 1.98. The van der Waals surface area contributed by atoms with Crippen molar-refractivity contribution in [3.8, 4) is 0 Å². The van der Waals surface area contributed by atoms with E-state index >= 15 is 0 Å². The van der Waals surface area contributed by atoms with Gasteiger partial charge in [-0.1, -0.05) is 90.4 Å². The van der Waals surface area contributed by atoms with Crippen LogP contribution in [0.2, 0.25) is 4.37 Å². The van der Waals surface area contributed by atoms with Crippen LogP contribution in [0.15, 0.2) is 0 Å². The molecule has 162 valence electrons. The molecule has 0 nitrogen and oxygen atoms in total. The van der Waals surface area contributed by atoms with Crippen molar-refractivity contribution >= 4 is 23.0 Å². The molecule has 0 spiro atoms. The van der Waals surface area contributed by atoms with Crippen LogP contribution < -0.4 is 0 Å². The van der Waals surface area contributed by atoms with Crippen molar-refractivity contribution in [2.45, 2.75) is 165 Å². The zero-order valence-corrected chi connectivity index (χ0v) is 21.7. The molecule has 0 saturated carbocycles. The van der Waals surface area contributed by atoms with Gasteiger partial charge < -0.3 is 0 Å². The summed E-state index contributed by atoms with van der Waals surface area (Å²) < 4.78 is 1.42. The maximum atomic E-state index is 2.30. The fourth-order valence-corrected chi connectivity index (χ4v) is 4.71. The summed E-state index contributed by atoms with van der Waals surface area (Å²) in [5, 5.41) is 0. The Balaban J connectivity index is 2.95. The first-order valence-electron chi connectivity index (χ1n) is 13.0. The summed E-state index contributed by atoms with van der Waals surface area (Å²) in [7, 11) is 0. The summed E-state index contributed by atoms with van der Waals surface area (Å²) in [6, 6.07) is 0. The molecular weight excluding hydrogens is 434 g/mol. The van der Waals surface area contributed by atoms with Crippen LogP contribution in [0.3, 0.4) is 0 Å². The molecule has 0 aromatic carbocycles. The quantitative estimate of drug-likeness (QED) is 0.0939. The van der Waals surface area contributed by atoms with Crippen LogP contribution >= 0.6 is 0 Å². The molecule has 0 aliphatic rings. The maximum absolute atomic E-state index is 2.30. The Bertz CT molecular complexity index is 214. The predicted octanol–water partition coefficient (Wildman–Crippen LogP) is 9.96. The van der Waals surface area contributed by atoms with Gasteiger partial charge in [-0.15, -0.1) is 0 Å². The molecule has 0 aromatic heterocycles.